The van der Waals surface area contributed by atoms with Crippen LogP contribution in [0.3, 0.4) is 0 Å². The quantitative estimate of drug-likeness (QED) is 0.336. The normalized spacial score (nSPS) is 19.8. The lowest BCUT2D eigenvalue weighted by Crippen LogP contribution is -2.35. The largest absolute Gasteiger partial charge is 0.367 e. The van der Waals surface area contributed by atoms with Crippen molar-refractivity contribution in [1.82, 2.24) is 15.0 Å². The molecule has 3 N–H and O–H groups in total. The number of H-pyrrole nitrogens is 1. The molecule has 9 heteroatoms. The summed E-state index contributed by atoms with van der Waals surface area (Å²) < 4.78 is 13.8. The first kappa shape index (κ1) is 23.3. The molecule has 0 radical (unpaired) electrons. The van der Waals surface area contributed by atoms with E-state index in [1.54, 1.807) is 6.33 Å². The molecule has 0 spiro atoms. The van der Waals surface area contributed by atoms with Gasteiger partial charge in [-0.15, -0.1) is 0 Å². The molecule has 2 fully saturated rings. The first-order chi connectivity index (χ1) is 18.1. The van der Waals surface area contributed by atoms with Gasteiger partial charge >= 0.3 is 6.03 Å². The number of anilines is 4. The average molecular weight is 500 g/mol. The minimum atomic E-state index is -0.830. The second kappa shape index (κ2) is 10.1. The third-order valence-electron chi connectivity index (χ3n) is 7.29. The molecule has 2 amide bonds. The van der Waals surface area contributed by atoms with Gasteiger partial charge in [-0.3, -0.25) is 0 Å². The van der Waals surface area contributed by atoms with Gasteiger partial charge in [0, 0.05) is 44.0 Å². The van der Waals surface area contributed by atoms with Crippen LogP contribution in [0.1, 0.15) is 30.7 Å². The van der Waals surface area contributed by atoms with Gasteiger partial charge in [-0.25, -0.2) is 19.2 Å². The number of urea groups is 1. The lowest BCUT2D eigenvalue weighted by molar-refractivity contribution is 0.262. The van der Waals surface area contributed by atoms with Gasteiger partial charge < -0.3 is 25.4 Å². The van der Waals surface area contributed by atoms with Gasteiger partial charge in [0.2, 0.25) is 0 Å². The van der Waals surface area contributed by atoms with Crippen molar-refractivity contribution in [3.8, 4) is 0 Å². The molecule has 0 bridgehead atoms. The number of carbonyl (C=O) groups excluding carboxylic acids is 1. The Hall–Kier alpha value is -4.14. The third kappa shape index (κ3) is 4.94. The maximum Gasteiger partial charge on any atom is 0.323 e. The van der Waals surface area contributed by atoms with Crippen molar-refractivity contribution in [2.75, 3.05) is 46.6 Å². The summed E-state index contributed by atoms with van der Waals surface area (Å²) in [6, 6.07) is 17.3. The minimum Gasteiger partial charge on any atom is -0.367 e. The number of amides is 2. The molecule has 0 saturated carbocycles. The Morgan fingerprint density at radius 2 is 1.89 bits per heavy atom. The van der Waals surface area contributed by atoms with Crippen molar-refractivity contribution < 1.29 is 9.18 Å². The molecule has 8 nitrogen and oxygen atoms in total. The summed E-state index contributed by atoms with van der Waals surface area (Å²) in [4.78, 5) is 29.3. The smallest absolute Gasteiger partial charge is 0.323 e. The first-order valence-corrected chi connectivity index (χ1v) is 12.8. The molecule has 2 aromatic heterocycles. The standard InChI is InChI=1S/C28H30FN7O/c29-21-11-14-35(17-21)25-9-2-1-8-24(25)34-28(37)33-22-7-3-5-19(15-22)20-6-4-13-36(16-20)27-23-10-12-30-26(23)31-18-32-27/h1-3,5,7-10,12,15,18,20-21H,4,6,11,13-14,16-17H2,(H,30,31,32)(H2,33,34,37)/t20?,21-/m1/s1. The van der Waals surface area contributed by atoms with E-state index in [2.05, 4.69) is 42.6 Å². The van der Waals surface area contributed by atoms with E-state index in [0.717, 1.165) is 54.2 Å². The molecular formula is C28H30FN7O. The molecule has 2 aromatic carbocycles. The fourth-order valence-electron chi connectivity index (χ4n) is 5.50. The third-order valence-corrected chi connectivity index (χ3v) is 7.29. The highest BCUT2D eigenvalue weighted by Crippen LogP contribution is 2.33. The molecular weight excluding hydrogens is 469 g/mol. The number of piperidine rings is 1. The predicted octanol–water partition coefficient (Wildman–Crippen LogP) is 5.53. The Bertz CT molecular complexity index is 1410. The highest BCUT2D eigenvalue weighted by molar-refractivity contribution is 6.02. The van der Waals surface area contributed by atoms with Gasteiger partial charge in [0.05, 0.1) is 16.8 Å². The highest BCUT2D eigenvalue weighted by Gasteiger charge is 2.25. The van der Waals surface area contributed by atoms with Crippen LogP contribution in [-0.2, 0) is 0 Å². The summed E-state index contributed by atoms with van der Waals surface area (Å²) in [5, 5.41) is 6.97. The predicted molar refractivity (Wildman–Crippen MR) is 145 cm³/mol. The van der Waals surface area contributed by atoms with Crippen LogP contribution in [0.5, 0.6) is 0 Å². The Labute approximate surface area is 214 Å². The van der Waals surface area contributed by atoms with E-state index in [9.17, 15) is 9.18 Å². The topological polar surface area (TPSA) is 89.2 Å². The second-order valence-corrected chi connectivity index (χ2v) is 9.78. The minimum absolute atomic E-state index is 0.318. The molecule has 4 aromatic rings. The zero-order valence-electron chi connectivity index (χ0n) is 20.5. The van der Waals surface area contributed by atoms with E-state index in [0.29, 0.717) is 31.1 Å². The number of carbonyl (C=O) groups is 1. The molecule has 2 aliphatic heterocycles. The first-order valence-electron chi connectivity index (χ1n) is 12.8. The van der Waals surface area contributed by atoms with E-state index in [1.165, 1.54) is 5.56 Å². The van der Waals surface area contributed by atoms with Crippen LogP contribution < -0.4 is 20.4 Å². The summed E-state index contributed by atoms with van der Waals surface area (Å²) in [6.07, 6.45) is 5.32. The van der Waals surface area contributed by atoms with Crippen molar-refractivity contribution in [1.29, 1.82) is 0 Å². The van der Waals surface area contributed by atoms with E-state index in [1.807, 2.05) is 53.6 Å². The van der Waals surface area contributed by atoms with Crippen LogP contribution >= 0.6 is 0 Å². The number of rotatable bonds is 5. The lowest BCUT2D eigenvalue weighted by atomic mass is 9.90. The molecule has 190 valence electrons. The Kier molecular flexibility index (Phi) is 6.34. The Morgan fingerprint density at radius 3 is 2.78 bits per heavy atom. The number of aromatic nitrogens is 3. The van der Waals surface area contributed by atoms with E-state index < -0.39 is 6.17 Å². The summed E-state index contributed by atoms with van der Waals surface area (Å²) in [7, 11) is 0. The number of nitrogens with zero attached hydrogens (tertiary/aromatic N) is 4. The molecule has 4 heterocycles. The van der Waals surface area contributed by atoms with Crippen LogP contribution in [0, 0.1) is 0 Å². The fraction of sp³-hybridized carbons (Fsp3) is 0.321. The van der Waals surface area contributed by atoms with E-state index in [4.69, 9.17) is 0 Å². The maximum atomic E-state index is 13.8. The van der Waals surface area contributed by atoms with Gasteiger partial charge in [0.15, 0.2) is 0 Å². The van der Waals surface area contributed by atoms with Crippen molar-refractivity contribution in [3.63, 3.8) is 0 Å². The van der Waals surface area contributed by atoms with E-state index in [-0.39, 0.29) is 6.03 Å². The molecule has 37 heavy (non-hydrogen) atoms. The molecule has 0 aliphatic carbocycles. The van der Waals surface area contributed by atoms with Crippen LogP contribution in [0.25, 0.3) is 11.0 Å². The summed E-state index contributed by atoms with van der Waals surface area (Å²) in [5.41, 5.74) is 4.29. The Morgan fingerprint density at radius 1 is 0.973 bits per heavy atom. The van der Waals surface area contributed by atoms with Crippen molar-refractivity contribution in [3.05, 3.63) is 72.7 Å². The summed E-state index contributed by atoms with van der Waals surface area (Å²) >= 11 is 0. The number of aromatic amines is 1. The van der Waals surface area contributed by atoms with Crippen LogP contribution in [-0.4, -0.2) is 53.3 Å². The van der Waals surface area contributed by atoms with Gasteiger partial charge in [0.1, 0.15) is 24.0 Å². The maximum absolute atomic E-state index is 13.8. The zero-order chi connectivity index (χ0) is 25.2. The highest BCUT2D eigenvalue weighted by atomic mass is 19.1. The number of halogens is 1. The SMILES string of the molecule is O=C(Nc1cccc(C2CCCN(c3ncnc4[nH]ccc34)C2)c1)Nc1ccccc1N1CC[C@@H](F)C1. The van der Waals surface area contributed by atoms with Crippen molar-refractivity contribution >= 4 is 39.9 Å². The monoisotopic (exact) mass is 499 g/mol. The number of fused-ring (bicyclic) bond motifs is 1. The second-order valence-electron chi connectivity index (χ2n) is 9.78. The number of para-hydroxylation sites is 2. The summed E-state index contributed by atoms with van der Waals surface area (Å²) in [6.45, 7) is 2.80. The van der Waals surface area contributed by atoms with E-state index >= 15 is 0 Å². The molecule has 2 saturated heterocycles. The van der Waals surface area contributed by atoms with Crippen molar-refractivity contribution in [2.45, 2.75) is 31.4 Å². The van der Waals surface area contributed by atoms with Crippen LogP contribution in [0.15, 0.2) is 67.1 Å². The van der Waals surface area contributed by atoms with Crippen LogP contribution in [0.4, 0.5) is 32.1 Å². The van der Waals surface area contributed by atoms with Gasteiger partial charge in [-0.2, -0.15) is 0 Å². The Balaban J connectivity index is 1.14. The average Bonchev–Trinajstić information content (AvgIpc) is 3.58. The molecule has 2 atom stereocenters. The van der Waals surface area contributed by atoms with Gasteiger partial charge in [0.25, 0.3) is 0 Å². The molecule has 1 unspecified atom stereocenters. The molecule has 6 rings (SSSR count). The number of nitrogens with one attached hydrogen (secondary N) is 3. The zero-order valence-corrected chi connectivity index (χ0v) is 20.5. The number of hydrogen-bond donors (Lipinski definition) is 3. The van der Waals surface area contributed by atoms with Crippen molar-refractivity contribution in [2.24, 2.45) is 0 Å². The number of hydrogen-bond acceptors (Lipinski definition) is 5. The van der Waals surface area contributed by atoms with Gasteiger partial charge in [-0.05, 0) is 55.2 Å². The van der Waals surface area contributed by atoms with Gasteiger partial charge in [-0.1, -0.05) is 24.3 Å². The van der Waals surface area contributed by atoms with Crippen LogP contribution in [0.2, 0.25) is 0 Å². The number of alkyl halides is 1. The lowest BCUT2D eigenvalue weighted by Gasteiger charge is -2.34. The molecule has 2 aliphatic rings. The number of benzene rings is 2. The fourth-order valence-corrected chi connectivity index (χ4v) is 5.50. The summed E-state index contributed by atoms with van der Waals surface area (Å²) in [5.74, 6) is 1.28.